The van der Waals surface area contributed by atoms with E-state index < -0.39 is 0 Å². The molecule has 4 rings (SSSR count). The van der Waals surface area contributed by atoms with Crippen LogP contribution in [-0.2, 0) is 11.3 Å². The number of hydrogen-bond donors (Lipinski definition) is 0. The summed E-state index contributed by atoms with van der Waals surface area (Å²) in [4.78, 5) is 21.5. The Morgan fingerprint density at radius 3 is 2.86 bits per heavy atom. The molecule has 2 aliphatic heterocycles. The fraction of sp³-hybridized carbons (Fsp3) is 0.478. The first-order chi connectivity index (χ1) is 13.6. The van der Waals surface area contributed by atoms with Crippen LogP contribution in [0.2, 0.25) is 0 Å². The van der Waals surface area contributed by atoms with Gasteiger partial charge >= 0.3 is 0 Å². The van der Waals surface area contributed by atoms with Crippen molar-refractivity contribution in [1.29, 1.82) is 0 Å². The van der Waals surface area contributed by atoms with Crippen molar-refractivity contribution in [1.82, 2.24) is 14.8 Å². The zero-order valence-corrected chi connectivity index (χ0v) is 16.8. The molecule has 2 aromatic rings. The molecule has 1 aromatic heterocycles. The molecule has 1 atom stereocenters. The van der Waals surface area contributed by atoms with Gasteiger partial charge in [-0.15, -0.1) is 0 Å². The number of benzene rings is 1. The van der Waals surface area contributed by atoms with Crippen LogP contribution in [0, 0.1) is 12.8 Å². The third-order valence-corrected chi connectivity index (χ3v) is 6.20. The van der Waals surface area contributed by atoms with E-state index in [9.17, 15) is 4.79 Å². The maximum atomic E-state index is 12.8. The standard InChI is InChI=1S/C23H29N3O2/c1-18-6-5-7-20(12-18)22(27)26-16-23(17-26)13-19(9-11-25(23)2)14-28-15-21-8-3-4-10-24-21/h3-8,10,12,19H,9,11,13-17H2,1-2H3/t19-/m0/s1. The van der Waals surface area contributed by atoms with Crippen molar-refractivity contribution in [2.75, 3.05) is 33.3 Å². The molecule has 0 bridgehead atoms. The Labute approximate surface area is 167 Å². The molecule has 0 unspecified atom stereocenters. The lowest BCUT2D eigenvalue weighted by Gasteiger charge is -2.58. The van der Waals surface area contributed by atoms with E-state index in [1.165, 1.54) is 0 Å². The zero-order chi connectivity index (χ0) is 19.6. The largest absolute Gasteiger partial charge is 0.375 e. The molecule has 0 saturated carbocycles. The molecule has 0 aliphatic carbocycles. The third kappa shape index (κ3) is 3.96. The molecule has 5 heteroatoms. The van der Waals surface area contributed by atoms with E-state index in [0.29, 0.717) is 12.5 Å². The fourth-order valence-electron chi connectivity index (χ4n) is 4.50. The van der Waals surface area contributed by atoms with Crippen molar-refractivity contribution < 1.29 is 9.53 Å². The van der Waals surface area contributed by atoms with Crippen LogP contribution in [0.4, 0.5) is 0 Å². The Kier molecular flexibility index (Phi) is 5.47. The van der Waals surface area contributed by atoms with Gasteiger partial charge in [-0.3, -0.25) is 14.7 Å². The summed E-state index contributed by atoms with van der Waals surface area (Å²) in [6.45, 7) is 6.04. The molecular formula is C23H29N3O2. The second kappa shape index (κ2) is 8.02. The minimum Gasteiger partial charge on any atom is -0.375 e. The summed E-state index contributed by atoms with van der Waals surface area (Å²) in [6.07, 6.45) is 4.03. The molecule has 1 amide bonds. The molecule has 3 heterocycles. The van der Waals surface area contributed by atoms with Crippen LogP contribution in [0.5, 0.6) is 0 Å². The van der Waals surface area contributed by atoms with Gasteiger partial charge in [0.05, 0.1) is 24.4 Å². The lowest BCUT2D eigenvalue weighted by Crippen LogP contribution is -2.72. The predicted octanol–water partition coefficient (Wildman–Crippen LogP) is 3.14. The highest BCUT2D eigenvalue weighted by molar-refractivity contribution is 5.95. The molecule has 148 valence electrons. The number of piperidine rings is 1. The number of carbonyl (C=O) groups is 1. The molecule has 28 heavy (non-hydrogen) atoms. The summed E-state index contributed by atoms with van der Waals surface area (Å²) in [5, 5.41) is 0. The van der Waals surface area contributed by atoms with Gasteiger partial charge in [-0.2, -0.15) is 0 Å². The first-order valence-electron chi connectivity index (χ1n) is 10.1. The second-order valence-electron chi connectivity index (χ2n) is 8.37. The van der Waals surface area contributed by atoms with Crippen molar-refractivity contribution in [3.05, 3.63) is 65.5 Å². The van der Waals surface area contributed by atoms with Crippen LogP contribution in [0.3, 0.4) is 0 Å². The van der Waals surface area contributed by atoms with E-state index in [1.54, 1.807) is 6.20 Å². The van der Waals surface area contributed by atoms with Gasteiger partial charge in [0.25, 0.3) is 5.91 Å². The molecule has 2 saturated heterocycles. The number of aryl methyl sites for hydroxylation is 1. The van der Waals surface area contributed by atoms with Gasteiger partial charge in [0.1, 0.15) is 0 Å². The van der Waals surface area contributed by atoms with Gasteiger partial charge in [0, 0.05) is 24.8 Å². The third-order valence-electron chi connectivity index (χ3n) is 6.20. The number of hydrogen-bond acceptors (Lipinski definition) is 4. The smallest absolute Gasteiger partial charge is 0.253 e. The van der Waals surface area contributed by atoms with Crippen molar-refractivity contribution in [2.24, 2.45) is 5.92 Å². The highest BCUT2D eigenvalue weighted by Crippen LogP contribution is 2.39. The van der Waals surface area contributed by atoms with Gasteiger partial charge in [0.2, 0.25) is 0 Å². The number of ether oxygens (including phenoxy) is 1. The highest BCUT2D eigenvalue weighted by Gasteiger charge is 2.50. The summed E-state index contributed by atoms with van der Waals surface area (Å²) < 4.78 is 5.95. The van der Waals surface area contributed by atoms with Crippen LogP contribution < -0.4 is 0 Å². The Balaban J connectivity index is 1.31. The molecule has 1 aromatic carbocycles. The maximum absolute atomic E-state index is 12.8. The van der Waals surface area contributed by atoms with E-state index in [-0.39, 0.29) is 11.4 Å². The average molecular weight is 380 g/mol. The van der Waals surface area contributed by atoms with Crippen molar-refractivity contribution in [3.8, 4) is 0 Å². The second-order valence-corrected chi connectivity index (χ2v) is 8.37. The highest BCUT2D eigenvalue weighted by atomic mass is 16.5. The Hall–Kier alpha value is -2.24. The minimum absolute atomic E-state index is 0.108. The Morgan fingerprint density at radius 2 is 2.11 bits per heavy atom. The van der Waals surface area contributed by atoms with E-state index in [0.717, 1.165) is 55.9 Å². The molecule has 0 radical (unpaired) electrons. The summed E-state index contributed by atoms with van der Waals surface area (Å²) >= 11 is 0. The monoisotopic (exact) mass is 379 g/mol. The summed E-state index contributed by atoms with van der Waals surface area (Å²) in [7, 11) is 2.19. The van der Waals surface area contributed by atoms with Crippen LogP contribution in [-0.4, -0.2) is 59.5 Å². The number of likely N-dealkylation sites (tertiary alicyclic amines) is 2. The zero-order valence-electron chi connectivity index (χ0n) is 16.8. The fourth-order valence-corrected chi connectivity index (χ4v) is 4.50. The maximum Gasteiger partial charge on any atom is 0.253 e. The van der Waals surface area contributed by atoms with Crippen LogP contribution in [0.15, 0.2) is 48.7 Å². The number of amides is 1. The number of carbonyl (C=O) groups excluding carboxylic acids is 1. The van der Waals surface area contributed by atoms with Crippen LogP contribution in [0.25, 0.3) is 0 Å². The molecule has 1 spiro atoms. The quantitative estimate of drug-likeness (QED) is 0.801. The summed E-state index contributed by atoms with van der Waals surface area (Å²) in [5.74, 6) is 0.687. The molecule has 2 aliphatic rings. The van der Waals surface area contributed by atoms with Crippen molar-refractivity contribution in [2.45, 2.75) is 31.9 Å². The first kappa shape index (κ1) is 19.1. The van der Waals surface area contributed by atoms with E-state index in [1.807, 2.05) is 54.3 Å². The van der Waals surface area contributed by atoms with Crippen molar-refractivity contribution in [3.63, 3.8) is 0 Å². The SMILES string of the molecule is Cc1cccc(C(=O)N2CC3(C[C@@H](COCc4ccccn4)CCN3C)C2)c1. The molecular weight excluding hydrogens is 350 g/mol. The summed E-state index contributed by atoms with van der Waals surface area (Å²) in [5.41, 5.74) is 3.00. The van der Waals surface area contributed by atoms with Crippen LogP contribution in [0.1, 0.15) is 34.5 Å². The number of nitrogens with zero attached hydrogens (tertiary/aromatic N) is 3. The normalized spacial score (nSPS) is 21.5. The van der Waals surface area contributed by atoms with Gasteiger partial charge in [-0.05, 0) is 63.5 Å². The van der Waals surface area contributed by atoms with Gasteiger partial charge < -0.3 is 9.64 Å². The lowest BCUT2D eigenvalue weighted by molar-refractivity contribution is -0.0769. The van der Waals surface area contributed by atoms with Crippen molar-refractivity contribution >= 4 is 5.91 Å². The lowest BCUT2D eigenvalue weighted by atomic mass is 9.75. The average Bonchev–Trinajstić information content (AvgIpc) is 2.68. The number of rotatable bonds is 5. The Morgan fingerprint density at radius 1 is 1.25 bits per heavy atom. The minimum atomic E-state index is 0.108. The predicted molar refractivity (Wildman–Crippen MR) is 109 cm³/mol. The Bertz CT molecular complexity index is 818. The van der Waals surface area contributed by atoms with Gasteiger partial charge in [-0.1, -0.05) is 23.8 Å². The number of likely N-dealkylation sites (N-methyl/N-ethyl adjacent to an activating group) is 1. The number of pyridine rings is 1. The van der Waals surface area contributed by atoms with Gasteiger partial charge in [-0.25, -0.2) is 0 Å². The van der Waals surface area contributed by atoms with Crippen LogP contribution >= 0.6 is 0 Å². The molecule has 0 N–H and O–H groups in total. The van der Waals surface area contributed by atoms with E-state index >= 15 is 0 Å². The molecule has 5 nitrogen and oxygen atoms in total. The van der Waals surface area contributed by atoms with E-state index in [4.69, 9.17) is 4.74 Å². The van der Waals surface area contributed by atoms with E-state index in [2.05, 4.69) is 16.9 Å². The first-order valence-corrected chi connectivity index (χ1v) is 10.1. The topological polar surface area (TPSA) is 45.7 Å². The van der Waals surface area contributed by atoms with Gasteiger partial charge in [0.15, 0.2) is 0 Å². The molecule has 2 fully saturated rings. The summed E-state index contributed by atoms with van der Waals surface area (Å²) in [6, 6.07) is 13.8. The number of aromatic nitrogens is 1.